The van der Waals surface area contributed by atoms with Crippen molar-refractivity contribution in [1.29, 1.82) is 0 Å². The molecular weight excluding hydrogens is 290 g/mol. The Kier molecular flexibility index (Phi) is 6.51. The van der Waals surface area contributed by atoms with Gasteiger partial charge in [-0.2, -0.15) is 0 Å². The third-order valence-corrected chi connectivity index (χ3v) is 3.89. The minimum absolute atomic E-state index is 0.0894. The number of nitrogens with zero attached hydrogens (tertiary/aromatic N) is 1. The van der Waals surface area contributed by atoms with Crippen molar-refractivity contribution in [3.05, 3.63) is 29.8 Å². The number of carbonyl (C=O) groups is 1. The van der Waals surface area contributed by atoms with Gasteiger partial charge in [0.2, 0.25) is 5.91 Å². The highest BCUT2D eigenvalue weighted by atomic mass is 16.5. The van der Waals surface area contributed by atoms with Crippen molar-refractivity contribution in [3.63, 3.8) is 0 Å². The molecule has 1 saturated carbocycles. The molecule has 0 atom stereocenters. The highest BCUT2D eigenvalue weighted by molar-refractivity contribution is 5.91. The van der Waals surface area contributed by atoms with E-state index in [-0.39, 0.29) is 5.91 Å². The number of rotatable bonds is 9. The van der Waals surface area contributed by atoms with E-state index < -0.39 is 0 Å². The lowest BCUT2D eigenvalue weighted by Crippen LogP contribution is -2.32. The summed E-state index contributed by atoms with van der Waals surface area (Å²) < 4.78 is 10.8. The highest BCUT2D eigenvalue weighted by Gasteiger charge is 2.25. The number of methoxy groups -OCH3 is 1. The molecule has 0 aliphatic heterocycles. The summed E-state index contributed by atoms with van der Waals surface area (Å²) in [6.07, 6.45) is 7.01. The number of carbonyl (C=O) groups excluding carboxylic acids is 1. The van der Waals surface area contributed by atoms with Crippen LogP contribution in [0.2, 0.25) is 0 Å². The molecule has 0 radical (unpaired) electrons. The monoisotopic (exact) mass is 317 g/mol. The predicted octanol–water partition coefficient (Wildman–Crippen LogP) is 3.76. The van der Waals surface area contributed by atoms with E-state index in [0.29, 0.717) is 18.3 Å². The van der Waals surface area contributed by atoms with Gasteiger partial charge in [-0.05, 0) is 55.9 Å². The Balaban J connectivity index is 2.03. The maximum atomic E-state index is 12.4. The first-order valence-electron chi connectivity index (χ1n) is 8.45. The second kappa shape index (κ2) is 8.61. The van der Waals surface area contributed by atoms with E-state index in [0.717, 1.165) is 30.8 Å². The van der Waals surface area contributed by atoms with Gasteiger partial charge in [-0.25, -0.2) is 0 Å². The van der Waals surface area contributed by atoms with E-state index in [1.807, 2.05) is 36.1 Å². The van der Waals surface area contributed by atoms with Crippen molar-refractivity contribution in [2.75, 3.05) is 26.8 Å². The van der Waals surface area contributed by atoms with E-state index in [2.05, 4.69) is 6.92 Å². The Morgan fingerprint density at radius 3 is 2.70 bits per heavy atom. The zero-order chi connectivity index (χ0) is 16.7. The SMILES string of the molecule is CCCN(CC1CC1)C(=O)/C=C/c1ccc(OCC)c(OC)c1. The largest absolute Gasteiger partial charge is 0.493 e. The second-order valence-electron chi connectivity index (χ2n) is 5.90. The lowest BCUT2D eigenvalue weighted by Gasteiger charge is -2.20. The number of hydrogen-bond acceptors (Lipinski definition) is 3. The van der Waals surface area contributed by atoms with Gasteiger partial charge in [-0.3, -0.25) is 4.79 Å². The molecule has 1 aromatic carbocycles. The summed E-state index contributed by atoms with van der Waals surface area (Å²) in [5, 5.41) is 0. The van der Waals surface area contributed by atoms with Gasteiger partial charge < -0.3 is 14.4 Å². The van der Waals surface area contributed by atoms with Crippen LogP contribution in [0, 0.1) is 5.92 Å². The average molecular weight is 317 g/mol. The van der Waals surface area contributed by atoms with Gasteiger partial charge in [-0.1, -0.05) is 13.0 Å². The van der Waals surface area contributed by atoms with Crippen molar-refractivity contribution in [2.45, 2.75) is 33.1 Å². The molecule has 0 N–H and O–H groups in total. The molecule has 4 nitrogen and oxygen atoms in total. The summed E-state index contributed by atoms with van der Waals surface area (Å²) in [5.74, 6) is 2.21. The van der Waals surface area contributed by atoms with Crippen molar-refractivity contribution < 1.29 is 14.3 Å². The lowest BCUT2D eigenvalue weighted by atomic mass is 10.2. The first-order chi connectivity index (χ1) is 11.2. The molecule has 1 fully saturated rings. The van der Waals surface area contributed by atoms with E-state index in [1.165, 1.54) is 12.8 Å². The normalized spacial score (nSPS) is 14.0. The number of hydrogen-bond donors (Lipinski definition) is 0. The van der Waals surface area contributed by atoms with E-state index in [4.69, 9.17) is 9.47 Å². The highest BCUT2D eigenvalue weighted by Crippen LogP contribution is 2.30. The summed E-state index contributed by atoms with van der Waals surface area (Å²) >= 11 is 0. The molecule has 4 heteroatoms. The van der Waals surface area contributed by atoms with E-state index >= 15 is 0 Å². The van der Waals surface area contributed by atoms with Crippen LogP contribution in [0.5, 0.6) is 11.5 Å². The maximum Gasteiger partial charge on any atom is 0.246 e. The summed E-state index contributed by atoms with van der Waals surface area (Å²) in [6, 6.07) is 5.70. The van der Waals surface area contributed by atoms with Crippen LogP contribution in [-0.2, 0) is 4.79 Å². The van der Waals surface area contributed by atoms with Gasteiger partial charge in [-0.15, -0.1) is 0 Å². The smallest absolute Gasteiger partial charge is 0.246 e. The molecular formula is C19H27NO3. The zero-order valence-corrected chi connectivity index (χ0v) is 14.4. The van der Waals surface area contributed by atoms with Crippen LogP contribution in [0.25, 0.3) is 6.08 Å². The van der Waals surface area contributed by atoms with E-state index in [9.17, 15) is 4.79 Å². The van der Waals surface area contributed by atoms with Crippen LogP contribution < -0.4 is 9.47 Å². The van der Waals surface area contributed by atoms with E-state index in [1.54, 1.807) is 13.2 Å². The quantitative estimate of drug-likeness (QED) is 0.651. The Morgan fingerprint density at radius 1 is 1.30 bits per heavy atom. The number of benzene rings is 1. The van der Waals surface area contributed by atoms with Crippen molar-refractivity contribution in [2.24, 2.45) is 5.92 Å². The molecule has 0 heterocycles. The minimum atomic E-state index is 0.0894. The summed E-state index contributed by atoms with van der Waals surface area (Å²) in [4.78, 5) is 14.3. The van der Waals surface area contributed by atoms with Gasteiger partial charge in [0.15, 0.2) is 11.5 Å². The Hall–Kier alpha value is -1.97. The fraction of sp³-hybridized carbons (Fsp3) is 0.526. The molecule has 0 bridgehead atoms. The summed E-state index contributed by atoms with van der Waals surface area (Å²) in [7, 11) is 1.62. The minimum Gasteiger partial charge on any atom is -0.493 e. The molecule has 1 aliphatic carbocycles. The molecule has 0 unspecified atom stereocenters. The van der Waals surface area contributed by atoms with Crippen molar-refractivity contribution in [3.8, 4) is 11.5 Å². The molecule has 126 valence electrons. The molecule has 1 aromatic rings. The fourth-order valence-electron chi connectivity index (χ4n) is 2.51. The molecule has 1 amide bonds. The Bertz CT molecular complexity index is 550. The molecule has 0 aromatic heterocycles. The standard InChI is InChI=1S/C19H27NO3/c1-4-12-20(14-16-6-7-16)19(21)11-9-15-8-10-17(23-5-2)18(13-15)22-3/h8-11,13,16H,4-7,12,14H2,1-3H3/b11-9+. The van der Waals surface area contributed by atoms with Crippen LogP contribution in [0.1, 0.15) is 38.7 Å². The molecule has 2 rings (SSSR count). The summed E-state index contributed by atoms with van der Waals surface area (Å²) in [6.45, 7) is 6.36. The topological polar surface area (TPSA) is 38.8 Å². The molecule has 1 aliphatic rings. The van der Waals surface area contributed by atoms with Gasteiger partial charge in [0.05, 0.1) is 13.7 Å². The first kappa shape index (κ1) is 17.4. The summed E-state index contributed by atoms with van der Waals surface area (Å²) in [5.41, 5.74) is 0.932. The zero-order valence-electron chi connectivity index (χ0n) is 14.4. The second-order valence-corrected chi connectivity index (χ2v) is 5.90. The third kappa shape index (κ3) is 5.31. The van der Waals surface area contributed by atoms with Gasteiger partial charge in [0.1, 0.15) is 0 Å². The van der Waals surface area contributed by atoms with Crippen molar-refractivity contribution >= 4 is 12.0 Å². The van der Waals surface area contributed by atoms with Crippen LogP contribution in [0.4, 0.5) is 0 Å². The van der Waals surface area contributed by atoms with Crippen molar-refractivity contribution in [1.82, 2.24) is 4.90 Å². The maximum absolute atomic E-state index is 12.4. The predicted molar refractivity (Wildman–Crippen MR) is 92.8 cm³/mol. The number of amides is 1. The van der Waals surface area contributed by atoms with Crippen LogP contribution in [0.15, 0.2) is 24.3 Å². The molecule has 0 spiro atoms. The Labute approximate surface area is 139 Å². The molecule has 23 heavy (non-hydrogen) atoms. The fourth-order valence-corrected chi connectivity index (χ4v) is 2.51. The lowest BCUT2D eigenvalue weighted by molar-refractivity contribution is -0.126. The van der Waals surface area contributed by atoms with Gasteiger partial charge >= 0.3 is 0 Å². The number of ether oxygens (including phenoxy) is 2. The van der Waals surface area contributed by atoms with Gasteiger partial charge in [0, 0.05) is 19.2 Å². The third-order valence-electron chi connectivity index (χ3n) is 3.89. The van der Waals surface area contributed by atoms with Crippen LogP contribution in [0.3, 0.4) is 0 Å². The first-order valence-corrected chi connectivity index (χ1v) is 8.45. The molecule has 0 saturated heterocycles. The Morgan fingerprint density at radius 2 is 2.09 bits per heavy atom. The van der Waals surface area contributed by atoms with Crippen LogP contribution in [-0.4, -0.2) is 37.6 Å². The van der Waals surface area contributed by atoms with Crippen LogP contribution >= 0.6 is 0 Å². The van der Waals surface area contributed by atoms with Gasteiger partial charge in [0.25, 0.3) is 0 Å². The average Bonchev–Trinajstić information content (AvgIpc) is 3.37.